The molecule has 0 aliphatic rings. The van der Waals surface area contributed by atoms with Crippen molar-refractivity contribution in [1.82, 2.24) is 14.9 Å². The number of carboxylic acids is 1. The maximum absolute atomic E-state index is 11.4. The highest BCUT2D eigenvalue weighted by Gasteiger charge is 2.20. The summed E-state index contributed by atoms with van der Waals surface area (Å²) in [6, 6.07) is -0.219. The highest BCUT2D eigenvalue weighted by molar-refractivity contribution is 5.84. The van der Waals surface area contributed by atoms with Gasteiger partial charge in [0.25, 0.3) is 5.56 Å². The van der Waals surface area contributed by atoms with Crippen LogP contribution in [0.3, 0.4) is 0 Å². The first-order chi connectivity index (χ1) is 8.93. The lowest BCUT2D eigenvalue weighted by molar-refractivity contribution is -0.142. The minimum Gasteiger partial charge on any atom is -0.480 e. The number of methoxy groups -OCH3 is 1. The third-order valence-electron chi connectivity index (χ3n) is 2.18. The first-order valence-corrected chi connectivity index (χ1v) is 5.25. The van der Waals surface area contributed by atoms with E-state index in [-0.39, 0.29) is 13.2 Å². The normalized spacial score (nSPS) is 11.8. The molecule has 0 radical (unpaired) electrons. The summed E-state index contributed by atoms with van der Waals surface area (Å²) >= 11 is 0. The van der Waals surface area contributed by atoms with Gasteiger partial charge < -0.3 is 15.2 Å². The minimum absolute atomic E-state index is 0.287. The number of hydrogen-bond donors (Lipinski definition) is 3. The summed E-state index contributed by atoms with van der Waals surface area (Å²) in [5, 5.41) is 11.1. The number of carbonyl (C=O) groups is 2. The molecule has 3 N–H and O–H groups in total. The van der Waals surface area contributed by atoms with Crippen LogP contribution >= 0.6 is 0 Å². The number of H-pyrrole nitrogens is 1. The van der Waals surface area contributed by atoms with Gasteiger partial charge in [0.1, 0.15) is 12.6 Å². The molecule has 0 unspecified atom stereocenters. The summed E-state index contributed by atoms with van der Waals surface area (Å²) in [6.45, 7) is -0.593. The summed E-state index contributed by atoms with van der Waals surface area (Å²) in [7, 11) is 1.29. The van der Waals surface area contributed by atoms with Gasteiger partial charge in [0, 0.05) is 19.4 Å². The molecule has 1 aromatic rings. The van der Waals surface area contributed by atoms with Crippen LogP contribution in [-0.2, 0) is 20.9 Å². The molecular weight excluding hydrogens is 258 g/mol. The van der Waals surface area contributed by atoms with Gasteiger partial charge in [-0.3, -0.25) is 19.1 Å². The van der Waals surface area contributed by atoms with E-state index >= 15 is 0 Å². The van der Waals surface area contributed by atoms with Crippen LogP contribution in [0.5, 0.6) is 0 Å². The van der Waals surface area contributed by atoms with Crippen molar-refractivity contribution in [2.24, 2.45) is 0 Å². The second kappa shape index (κ2) is 6.50. The summed E-state index contributed by atoms with van der Waals surface area (Å²) in [4.78, 5) is 46.4. The minimum atomic E-state index is -1.30. The zero-order valence-electron chi connectivity index (χ0n) is 10.1. The standard InChI is InChI=1S/C10H13N3O6/c1-19-5-8(15)11-6(9(16)17)4-13-3-2-7(14)12-10(13)18/h2-3,6H,4-5H2,1H3,(H,11,15)(H,16,17)(H,12,14,18)/t6-/m0/s1. The number of hydrogen-bond acceptors (Lipinski definition) is 5. The van der Waals surface area contributed by atoms with Crippen molar-refractivity contribution in [2.45, 2.75) is 12.6 Å². The highest BCUT2D eigenvalue weighted by atomic mass is 16.5. The second-order valence-corrected chi connectivity index (χ2v) is 3.65. The number of rotatable bonds is 6. The number of amides is 1. The molecule has 1 amide bonds. The van der Waals surface area contributed by atoms with Crippen molar-refractivity contribution < 1.29 is 19.4 Å². The van der Waals surface area contributed by atoms with E-state index < -0.39 is 29.2 Å². The molecule has 0 fully saturated rings. The fourth-order valence-electron chi connectivity index (χ4n) is 1.34. The fourth-order valence-corrected chi connectivity index (χ4v) is 1.34. The van der Waals surface area contributed by atoms with E-state index in [9.17, 15) is 19.2 Å². The fraction of sp³-hybridized carbons (Fsp3) is 0.400. The number of aromatic nitrogens is 2. The van der Waals surface area contributed by atoms with Crippen LogP contribution in [0.25, 0.3) is 0 Å². The van der Waals surface area contributed by atoms with Crippen molar-refractivity contribution in [3.63, 3.8) is 0 Å². The quantitative estimate of drug-likeness (QED) is 0.536. The van der Waals surface area contributed by atoms with Gasteiger partial charge in [-0.2, -0.15) is 0 Å². The lowest BCUT2D eigenvalue weighted by Crippen LogP contribution is -2.47. The Bertz CT molecular complexity index is 575. The Kier molecular flexibility index (Phi) is 5.01. The molecule has 1 aromatic heterocycles. The smallest absolute Gasteiger partial charge is 0.328 e. The third kappa shape index (κ3) is 4.39. The van der Waals surface area contributed by atoms with Crippen LogP contribution in [-0.4, -0.2) is 46.3 Å². The molecule has 1 atom stereocenters. The van der Waals surface area contributed by atoms with Crippen molar-refractivity contribution in [1.29, 1.82) is 0 Å². The van der Waals surface area contributed by atoms with Crippen molar-refractivity contribution in [2.75, 3.05) is 13.7 Å². The molecule has 0 saturated carbocycles. The Morgan fingerprint density at radius 3 is 2.74 bits per heavy atom. The Labute approximate surface area is 106 Å². The first-order valence-electron chi connectivity index (χ1n) is 5.25. The Hall–Kier alpha value is -2.42. The van der Waals surface area contributed by atoms with E-state index in [0.29, 0.717) is 0 Å². The largest absolute Gasteiger partial charge is 0.480 e. The van der Waals surface area contributed by atoms with Gasteiger partial charge in [0.15, 0.2) is 0 Å². The lowest BCUT2D eigenvalue weighted by Gasteiger charge is -2.15. The second-order valence-electron chi connectivity index (χ2n) is 3.65. The van der Waals surface area contributed by atoms with Gasteiger partial charge in [-0.25, -0.2) is 9.59 Å². The van der Waals surface area contributed by atoms with E-state index in [4.69, 9.17) is 5.11 Å². The molecule has 9 nitrogen and oxygen atoms in total. The first kappa shape index (κ1) is 14.6. The van der Waals surface area contributed by atoms with Crippen LogP contribution in [0, 0.1) is 0 Å². The van der Waals surface area contributed by atoms with Gasteiger partial charge in [-0.1, -0.05) is 0 Å². The van der Waals surface area contributed by atoms with E-state index in [1.54, 1.807) is 0 Å². The molecule has 0 aliphatic heterocycles. The number of ether oxygens (including phenoxy) is 1. The van der Waals surface area contributed by atoms with Gasteiger partial charge >= 0.3 is 11.7 Å². The summed E-state index contributed by atoms with van der Waals surface area (Å²) < 4.78 is 5.53. The molecule has 1 heterocycles. The van der Waals surface area contributed by atoms with Crippen LogP contribution in [0.2, 0.25) is 0 Å². The summed E-state index contributed by atoms with van der Waals surface area (Å²) in [5.41, 5.74) is -1.34. The van der Waals surface area contributed by atoms with Crippen LogP contribution in [0.15, 0.2) is 21.9 Å². The highest BCUT2D eigenvalue weighted by Crippen LogP contribution is 1.90. The summed E-state index contributed by atoms with van der Waals surface area (Å²) in [5.74, 6) is -1.92. The molecule has 0 saturated heterocycles. The van der Waals surface area contributed by atoms with E-state index in [0.717, 1.165) is 16.8 Å². The SMILES string of the molecule is COCC(=O)N[C@@H](Cn1ccc(=O)[nH]c1=O)C(=O)O. The topological polar surface area (TPSA) is 130 Å². The molecule has 0 spiro atoms. The van der Waals surface area contributed by atoms with Crippen LogP contribution < -0.4 is 16.6 Å². The van der Waals surface area contributed by atoms with E-state index in [1.807, 2.05) is 4.98 Å². The van der Waals surface area contributed by atoms with Crippen LogP contribution in [0.1, 0.15) is 0 Å². The predicted molar refractivity (Wildman–Crippen MR) is 62.8 cm³/mol. The van der Waals surface area contributed by atoms with Crippen LogP contribution in [0.4, 0.5) is 0 Å². The molecule has 9 heteroatoms. The zero-order chi connectivity index (χ0) is 14.4. The van der Waals surface area contributed by atoms with E-state index in [2.05, 4.69) is 10.1 Å². The van der Waals surface area contributed by atoms with Gasteiger partial charge in [0.05, 0.1) is 6.54 Å². The molecular formula is C10H13N3O6. The lowest BCUT2D eigenvalue weighted by atomic mass is 10.3. The summed E-state index contributed by atoms with van der Waals surface area (Å²) in [6.07, 6.45) is 1.15. The van der Waals surface area contributed by atoms with Gasteiger partial charge in [-0.15, -0.1) is 0 Å². The van der Waals surface area contributed by atoms with Crippen molar-refractivity contribution >= 4 is 11.9 Å². The number of nitrogens with zero attached hydrogens (tertiary/aromatic N) is 1. The monoisotopic (exact) mass is 271 g/mol. The number of aromatic amines is 1. The number of carboxylic acid groups (broad SMARTS) is 1. The Balaban J connectivity index is 2.84. The number of nitrogens with one attached hydrogen (secondary N) is 2. The predicted octanol–water partition coefficient (Wildman–Crippen LogP) is -2.25. The van der Waals surface area contributed by atoms with Crippen molar-refractivity contribution in [3.8, 4) is 0 Å². The molecule has 0 aliphatic carbocycles. The average Bonchev–Trinajstić information content (AvgIpc) is 2.31. The number of carbonyl (C=O) groups excluding carboxylic acids is 1. The molecule has 19 heavy (non-hydrogen) atoms. The van der Waals surface area contributed by atoms with E-state index in [1.165, 1.54) is 7.11 Å². The Morgan fingerprint density at radius 1 is 1.53 bits per heavy atom. The van der Waals surface area contributed by atoms with Crippen molar-refractivity contribution in [3.05, 3.63) is 33.1 Å². The zero-order valence-corrected chi connectivity index (χ0v) is 10.1. The number of aliphatic carboxylic acids is 1. The van der Waals surface area contributed by atoms with Gasteiger partial charge in [0.2, 0.25) is 5.91 Å². The average molecular weight is 271 g/mol. The molecule has 104 valence electrons. The van der Waals surface area contributed by atoms with Gasteiger partial charge in [-0.05, 0) is 0 Å². The maximum Gasteiger partial charge on any atom is 0.328 e. The molecule has 1 rings (SSSR count). The third-order valence-corrected chi connectivity index (χ3v) is 2.18. The maximum atomic E-state index is 11.4. The molecule has 0 bridgehead atoms. The molecule has 0 aromatic carbocycles. The Morgan fingerprint density at radius 2 is 2.21 bits per heavy atom.